The number of hydrogen-bond acceptors (Lipinski definition) is 3. The van der Waals surface area contributed by atoms with Gasteiger partial charge in [-0.3, -0.25) is 9.48 Å². The lowest BCUT2D eigenvalue weighted by Gasteiger charge is -2.31. The number of carbonyl (C=O) groups excluding carboxylic acids is 1. The van der Waals surface area contributed by atoms with Crippen molar-refractivity contribution >= 4 is 29.1 Å². The number of ether oxygens (including phenoxy) is 1. The number of amides is 1. The molecule has 0 atom stereocenters. The van der Waals surface area contributed by atoms with Gasteiger partial charge >= 0.3 is 0 Å². The molecule has 0 spiro atoms. The number of aromatic nitrogens is 2. The number of likely N-dealkylation sites (tertiary alicyclic amines) is 1. The first kappa shape index (κ1) is 16.1. The summed E-state index contributed by atoms with van der Waals surface area (Å²) in [6.07, 6.45) is 3.28. The highest BCUT2D eigenvalue weighted by Crippen LogP contribution is 2.23. The van der Waals surface area contributed by atoms with Gasteiger partial charge in [-0.25, -0.2) is 0 Å². The van der Waals surface area contributed by atoms with Crippen molar-refractivity contribution in [3.8, 4) is 5.75 Å². The van der Waals surface area contributed by atoms with E-state index in [1.165, 1.54) is 0 Å². The van der Waals surface area contributed by atoms with Crippen molar-refractivity contribution < 1.29 is 9.53 Å². The second-order valence-corrected chi connectivity index (χ2v) is 6.41. The van der Waals surface area contributed by atoms with Gasteiger partial charge in [0.25, 0.3) is 5.91 Å². The average Bonchev–Trinajstić information content (AvgIpc) is 2.88. The molecule has 2 heterocycles. The fourth-order valence-corrected chi connectivity index (χ4v) is 3.02. The lowest BCUT2D eigenvalue weighted by molar-refractivity contribution is 0.0589. The van der Waals surface area contributed by atoms with E-state index in [4.69, 9.17) is 27.9 Å². The summed E-state index contributed by atoms with van der Waals surface area (Å²) in [5.41, 5.74) is 0.311. The van der Waals surface area contributed by atoms with E-state index >= 15 is 0 Å². The predicted octanol–water partition coefficient (Wildman–Crippen LogP) is 3.41. The van der Waals surface area contributed by atoms with E-state index in [-0.39, 0.29) is 12.0 Å². The molecule has 1 saturated heterocycles. The summed E-state index contributed by atoms with van der Waals surface area (Å²) in [5.74, 6) is 0.674. The van der Waals surface area contributed by atoms with Crippen molar-refractivity contribution in [3.63, 3.8) is 0 Å². The van der Waals surface area contributed by atoms with Gasteiger partial charge in [0.15, 0.2) is 5.69 Å². The third-order valence-electron chi connectivity index (χ3n) is 3.83. The van der Waals surface area contributed by atoms with Crippen LogP contribution in [0.3, 0.4) is 0 Å². The molecule has 0 bridgehead atoms. The summed E-state index contributed by atoms with van der Waals surface area (Å²) < 4.78 is 7.48. The summed E-state index contributed by atoms with van der Waals surface area (Å²) in [5, 5.41) is 5.20. The molecule has 3 rings (SSSR count). The molecule has 122 valence electrons. The smallest absolute Gasteiger partial charge is 0.275 e. The molecule has 1 fully saturated rings. The van der Waals surface area contributed by atoms with Crippen LogP contribution >= 0.6 is 23.2 Å². The van der Waals surface area contributed by atoms with Crippen LogP contribution in [0.4, 0.5) is 0 Å². The first-order valence-electron chi connectivity index (χ1n) is 7.43. The zero-order valence-corrected chi connectivity index (χ0v) is 14.2. The third-order valence-corrected chi connectivity index (χ3v) is 4.36. The normalized spacial score (nSPS) is 15.7. The molecule has 2 aromatic rings. The Morgan fingerprint density at radius 1 is 1.22 bits per heavy atom. The first-order valence-corrected chi connectivity index (χ1v) is 8.19. The molecule has 1 aromatic carbocycles. The van der Waals surface area contributed by atoms with E-state index in [1.54, 1.807) is 35.0 Å². The highest BCUT2D eigenvalue weighted by atomic mass is 35.5. The number of benzene rings is 1. The SMILES string of the molecule is Cn1cc(Cl)c(C(=O)N2CCC(Oc3ccc(Cl)cc3)CC2)n1. The van der Waals surface area contributed by atoms with Crippen LogP contribution in [0.5, 0.6) is 5.75 Å². The summed E-state index contributed by atoms with van der Waals surface area (Å²) in [6.45, 7) is 1.26. The minimum Gasteiger partial charge on any atom is -0.490 e. The summed E-state index contributed by atoms with van der Waals surface area (Å²) >= 11 is 11.9. The Bertz CT molecular complexity index is 692. The molecule has 23 heavy (non-hydrogen) atoms. The average molecular weight is 354 g/mol. The fraction of sp³-hybridized carbons (Fsp3) is 0.375. The van der Waals surface area contributed by atoms with Gasteiger partial charge in [0.05, 0.1) is 5.02 Å². The van der Waals surface area contributed by atoms with E-state index in [2.05, 4.69) is 5.10 Å². The number of carbonyl (C=O) groups is 1. The van der Waals surface area contributed by atoms with Crippen molar-refractivity contribution in [1.29, 1.82) is 0 Å². The van der Waals surface area contributed by atoms with Crippen LogP contribution in [-0.2, 0) is 7.05 Å². The monoisotopic (exact) mass is 353 g/mol. The standard InChI is InChI=1S/C16H17Cl2N3O2/c1-20-10-14(18)15(19-20)16(22)21-8-6-13(7-9-21)23-12-4-2-11(17)3-5-12/h2-5,10,13H,6-9H2,1H3. The van der Waals surface area contributed by atoms with E-state index in [0.29, 0.717) is 28.8 Å². The van der Waals surface area contributed by atoms with Crippen molar-refractivity contribution in [1.82, 2.24) is 14.7 Å². The van der Waals surface area contributed by atoms with Gasteiger partial charge in [0.1, 0.15) is 11.9 Å². The highest BCUT2D eigenvalue weighted by molar-refractivity contribution is 6.33. The van der Waals surface area contributed by atoms with Crippen molar-refractivity contribution in [2.24, 2.45) is 7.05 Å². The van der Waals surface area contributed by atoms with Crippen LogP contribution in [0, 0.1) is 0 Å². The Morgan fingerprint density at radius 3 is 2.43 bits per heavy atom. The van der Waals surface area contributed by atoms with Crippen LogP contribution in [0.15, 0.2) is 30.5 Å². The van der Waals surface area contributed by atoms with Gasteiger partial charge in [-0.2, -0.15) is 5.10 Å². The molecule has 1 amide bonds. The molecule has 0 saturated carbocycles. The Morgan fingerprint density at radius 2 is 1.87 bits per heavy atom. The maximum absolute atomic E-state index is 12.4. The summed E-state index contributed by atoms with van der Waals surface area (Å²) in [6, 6.07) is 7.32. The Hall–Kier alpha value is -1.72. The third kappa shape index (κ3) is 3.79. The second-order valence-electron chi connectivity index (χ2n) is 5.56. The topological polar surface area (TPSA) is 47.4 Å². The maximum atomic E-state index is 12.4. The number of piperidine rings is 1. The Balaban J connectivity index is 1.57. The highest BCUT2D eigenvalue weighted by Gasteiger charge is 2.27. The Labute approximate surface area is 144 Å². The molecular formula is C16H17Cl2N3O2. The number of nitrogens with zero attached hydrogens (tertiary/aromatic N) is 3. The van der Waals surface area contributed by atoms with Gasteiger partial charge in [0, 0.05) is 44.2 Å². The van der Waals surface area contributed by atoms with Gasteiger partial charge in [-0.1, -0.05) is 23.2 Å². The van der Waals surface area contributed by atoms with Crippen LogP contribution in [0.25, 0.3) is 0 Å². The fourth-order valence-electron chi connectivity index (χ4n) is 2.64. The van der Waals surface area contributed by atoms with Crippen molar-refractivity contribution in [2.45, 2.75) is 18.9 Å². The van der Waals surface area contributed by atoms with Gasteiger partial charge in [-0.05, 0) is 24.3 Å². The lowest BCUT2D eigenvalue weighted by atomic mass is 10.1. The predicted molar refractivity (Wildman–Crippen MR) is 89.2 cm³/mol. The Kier molecular flexibility index (Phi) is 4.78. The van der Waals surface area contributed by atoms with E-state index in [0.717, 1.165) is 18.6 Å². The molecule has 7 heteroatoms. The lowest BCUT2D eigenvalue weighted by Crippen LogP contribution is -2.42. The molecule has 5 nitrogen and oxygen atoms in total. The van der Waals surface area contributed by atoms with Gasteiger partial charge in [0.2, 0.25) is 0 Å². The minimum atomic E-state index is -0.124. The number of hydrogen-bond donors (Lipinski definition) is 0. The number of rotatable bonds is 3. The second kappa shape index (κ2) is 6.81. The van der Waals surface area contributed by atoms with Crippen molar-refractivity contribution in [3.05, 3.63) is 46.2 Å². The molecular weight excluding hydrogens is 337 g/mol. The summed E-state index contributed by atoms with van der Waals surface area (Å²) in [4.78, 5) is 14.2. The molecule has 0 radical (unpaired) electrons. The first-order chi connectivity index (χ1) is 11.0. The molecule has 1 aromatic heterocycles. The summed E-state index contributed by atoms with van der Waals surface area (Å²) in [7, 11) is 1.74. The largest absolute Gasteiger partial charge is 0.490 e. The van der Waals surface area contributed by atoms with Crippen molar-refractivity contribution in [2.75, 3.05) is 13.1 Å². The van der Waals surface area contributed by atoms with E-state index < -0.39 is 0 Å². The number of halogens is 2. The van der Waals surface area contributed by atoms with Crippen LogP contribution < -0.4 is 4.74 Å². The quantitative estimate of drug-likeness (QED) is 0.849. The molecule has 0 unspecified atom stereocenters. The van der Waals surface area contributed by atoms with E-state index in [1.807, 2.05) is 12.1 Å². The van der Waals surface area contributed by atoms with Gasteiger partial charge < -0.3 is 9.64 Å². The van der Waals surface area contributed by atoms with Crippen LogP contribution in [0.2, 0.25) is 10.0 Å². The zero-order chi connectivity index (χ0) is 16.4. The molecule has 1 aliphatic rings. The van der Waals surface area contributed by atoms with Crippen LogP contribution in [-0.4, -0.2) is 39.8 Å². The minimum absolute atomic E-state index is 0.0967. The van der Waals surface area contributed by atoms with Crippen LogP contribution in [0.1, 0.15) is 23.3 Å². The van der Waals surface area contributed by atoms with E-state index in [9.17, 15) is 4.79 Å². The number of aryl methyl sites for hydroxylation is 1. The molecule has 0 aliphatic carbocycles. The maximum Gasteiger partial charge on any atom is 0.275 e. The molecule has 0 N–H and O–H groups in total. The zero-order valence-electron chi connectivity index (χ0n) is 12.7. The molecule has 1 aliphatic heterocycles. The van der Waals surface area contributed by atoms with Gasteiger partial charge in [-0.15, -0.1) is 0 Å².